The summed E-state index contributed by atoms with van der Waals surface area (Å²) in [5.41, 5.74) is 0.562. The molecule has 1 aliphatic heterocycles. The topological polar surface area (TPSA) is 92.7 Å². The zero-order valence-corrected chi connectivity index (χ0v) is 19.0. The van der Waals surface area contributed by atoms with Crippen LogP contribution in [0.3, 0.4) is 0 Å². The second-order valence-corrected chi connectivity index (χ2v) is 8.21. The first-order valence-corrected chi connectivity index (χ1v) is 10.9. The number of methoxy groups -OCH3 is 1. The van der Waals surface area contributed by atoms with Crippen LogP contribution in [-0.4, -0.2) is 53.1 Å². The molecular formula is C24H22ClFN4O4. The first-order valence-electron chi connectivity index (χ1n) is 10.5. The fraction of sp³-hybridized carbons (Fsp3) is 0.208. The largest absolute Gasteiger partial charge is 0.380 e. The Morgan fingerprint density at radius 1 is 1.06 bits per heavy atom. The third kappa shape index (κ3) is 5.11. The number of hydrogen-bond acceptors (Lipinski definition) is 4. The zero-order valence-electron chi connectivity index (χ0n) is 18.2. The molecule has 2 aromatic carbocycles. The van der Waals surface area contributed by atoms with E-state index in [1.807, 2.05) is 0 Å². The van der Waals surface area contributed by atoms with E-state index in [0.29, 0.717) is 10.7 Å². The van der Waals surface area contributed by atoms with Gasteiger partial charge in [-0.1, -0.05) is 11.6 Å². The number of amides is 3. The van der Waals surface area contributed by atoms with Gasteiger partial charge in [-0.2, -0.15) is 0 Å². The first-order chi connectivity index (χ1) is 16.4. The van der Waals surface area contributed by atoms with Crippen LogP contribution in [0.15, 0.2) is 67.0 Å². The molecule has 0 radical (unpaired) electrons. The lowest BCUT2D eigenvalue weighted by atomic mass is 10.1. The summed E-state index contributed by atoms with van der Waals surface area (Å²) in [5, 5.41) is 5.78. The van der Waals surface area contributed by atoms with Gasteiger partial charge in [-0.05, 0) is 54.6 Å². The van der Waals surface area contributed by atoms with Crippen molar-refractivity contribution in [1.29, 1.82) is 0 Å². The Hall–Kier alpha value is -3.69. The Morgan fingerprint density at radius 3 is 2.41 bits per heavy atom. The van der Waals surface area contributed by atoms with Crippen molar-refractivity contribution in [2.24, 2.45) is 0 Å². The number of nitrogens with zero attached hydrogens (tertiary/aromatic N) is 2. The number of nitrogens with one attached hydrogen (secondary N) is 2. The summed E-state index contributed by atoms with van der Waals surface area (Å²) in [5.74, 6) is -1.72. The number of carbonyl (C=O) groups is 3. The van der Waals surface area contributed by atoms with Crippen LogP contribution in [-0.2, 0) is 9.53 Å². The molecule has 0 unspecified atom stereocenters. The second-order valence-electron chi connectivity index (χ2n) is 7.78. The summed E-state index contributed by atoms with van der Waals surface area (Å²) in [4.78, 5) is 39.6. The highest BCUT2D eigenvalue weighted by Crippen LogP contribution is 2.25. The van der Waals surface area contributed by atoms with Gasteiger partial charge in [0, 0.05) is 48.7 Å². The van der Waals surface area contributed by atoms with Crippen molar-refractivity contribution in [2.75, 3.05) is 24.3 Å². The maximum atomic E-state index is 14.7. The molecule has 1 aromatic heterocycles. The van der Waals surface area contributed by atoms with Gasteiger partial charge in [-0.3, -0.25) is 14.2 Å². The van der Waals surface area contributed by atoms with Crippen LogP contribution in [0.1, 0.15) is 16.8 Å². The Kier molecular flexibility index (Phi) is 6.95. The third-order valence-electron chi connectivity index (χ3n) is 5.57. The van der Waals surface area contributed by atoms with Gasteiger partial charge in [0.1, 0.15) is 11.9 Å². The molecule has 1 fully saturated rings. The SMILES string of the molecule is CO[C@@H]1C[C@H](C(=O)Nc2ccc(C(=O)n3cccc3)cc2F)N(C(=O)Nc2ccc(Cl)cc2)C1. The monoisotopic (exact) mass is 484 g/mol. The fourth-order valence-electron chi connectivity index (χ4n) is 3.75. The molecule has 2 heterocycles. The van der Waals surface area contributed by atoms with Crippen LogP contribution in [0.4, 0.5) is 20.6 Å². The molecule has 3 amide bonds. The van der Waals surface area contributed by atoms with Crippen molar-refractivity contribution >= 4 is 40.8 Å². The van der Waals surface area contributed by atoms with E-state index in [9.17, 15) is 18.8 Å². The highest BCUT2D eigenvalue weighted by Gasteiger charge is 2.40. The standard InChI is InChI=1S/C24H22ClFN4O4/c1-34-18-13-21(30(14-18)24(33)27-17-7-5-16(25)6-8-17)22(31)28-20-9-4-15(12-19(20)26)23(32)29-10-2-3-11-29/h2-12,18,21H,13-14H2,1H3,(H,27,33)(H,28,31)/t18-,21-/m1/s1. The highest BCUT2D eigenvalue weighted by atomic mass is 35.5. The minimum Gasteiger partial charge on any atom is -0.380 e. The maximum absolute atomic E-state index is 14.7. The summed E-state index contributed by atoms with van der Waals surface area (Å²) in [7, 11) is 1.50. The van der Waals surface area contributed by atoms with Crippen molar-refractivity contribution in [3.05, 3.63) is 83.4 Å². The van der Waals surface area contributed by atoms with E-state index in [4.69, 9.17) is 16.3 Å². The van der Waals surface area contributed by atoms with Crippen molar-refractivity contribution in [3.63, 3.8) is 0 Å². The minimum absolute atomic E-state index is 0.0898. The molecule has 176 valence electrons. The number of rotatable bonds is 5. The summed E-state index contributed by atoms with van der Waals surface area (Å²) < 4.78 is 21.4. The van der Waals surface area contributed by atoms with Gasteiger partial charge in [0.2, 0.25) is 5.91 Å². The van der Waals surface area contributed by atoms with Gasteiger partial charge in [0.05, 0.1) is 11.8 Å². The third-order valence-corrected chi connectivity index (χ3v) is 5.82. The highest BCUT2D eigenvalue weighted by molar-refractivity contribution is 6.30. The van der Waals surface area contributed by atoms with Gasteiger partial charge < -0.3 is 20.3 Å². The Morgan fingerprint density at radius 2 is 1.76 bits per heavy atom. The van der Waals surface area contributed by atoms with Crippen molar-refractivity contribution in [1.82, 2.24) is 9.47 Å². The van der Waals surface area contributed by atoms with Gasteiger partial charge in [-0.25, -0.2) is 9.18 Å². The second kappa shape index (κ2) is 10.1. The van der Waals surface area contributed by atoms with E-state index >= 15 is 0 Å². The van der Waals surface area contributed by atoms with E-state index in [2.05, 4.69) is 10.6 Å². The summed E-state index contributed by atoms with van der Waals surface area (Å²) in [6.07, 6.45) is 3.03. The Bertz CT molecular complexity index is 1200. The fourth-order valence-corrected chi connectivity index (χ4v) is 3.88. The molecule has 1 aliphatic rings. The molecule has 3 aromatic rings. The molecule has 0 aliphatic carbocycles. The Balaban J connectivity index is 1.47. The molecule has 0 saturated carbocycles. The number of urea groups is 1. The molecule has 0 bridgehead atoms. The van der Waals surface area contributed by atoms with Gasteiger partial charge in [0.25, 0.3) is 5.91 Å². The minimum atomic E-state index is -0.877. The number of halogens is 2. The zero-order chi connectivity index (χ0) is 24.2. The van der Waals surface area contributed by atoms with E-state index in [1.165, 1.54) is 28.7 Å². The molecule has 34 heavy (non-hydrogen) atoms. The summed E-state index contributed by atoms with van der Waals surface area (Å²) >= 11 is 5.88. The molecule has 1 saturated heterocycles. The van der Waals surface area contributed by atoms with Crippen LogP contribution in [0, 0.1) is 5.82 Å². The molecule has 2 N–H and O–H groups in total. The van der Waals surface area contributed by atoms with E-state index in [1.54, 1.807) is 48.8 Å². The lowest BCUT2D eigenvalue weighted by Crippen LogP contribution is -2.45. The van der Waals surface area contributed by atoms with E-state index < -0.39 is 29.7 Å². The lowest BCUT2D eigenvalue weighted by Gasteiger charge is -2.24. The summed E-state index contributed by atoms with van der Waals surface area (Å²) in [6.45, 7) is 0.195. The number of aromatic nitrogens is 1. The first kappa shape index (κ1) is 23.5. The van der Waals surface area contributed by atoms with Crippen LogP contribution >= 0.6 is 11.6 Å². The van der Waals surface area contributed by atoms with Crippen molar-refractivity contribution < 1.29 is 23.5 Å². The number of hydrogen-bond donors (Lipinski definition) is 2. The molecule has 10 heteroatoms. The van der Waals surface area contributed by atoms with Gasteiger partial charge in [-0.15, -0.1) is 0 Å². The lowest BCUT2D eigenvalue weighted by molar-refractivity contribution is -0.119. The molecule has 4 rings (SSSR count). The van der Waals surface area contributed by atoms with Gasteiger partial charge in [0.15, 0.2) is 0 Å². The van der Waals surface area contributed by atoms with E-state index in [0.717, 1.165) is 6.07 Å². The normalized spacial score (nSPS) is 17.4. The van der Waals surface area contributed by atoms with Crippen LogP contribution in [0.5, 0.6) is 0 Å². The van der Waals surface area contributed by atoms with E-state index in [-0.39, 0.29) is 30.3 Å². The van der Waals surface area contributed by atoms with Crippen molar-refractivity contribution in [2.45, 2.75) is 18.6 Å². The molecular weight excluding hydrogens is 463 g/mol. The molecule has 0 spiro atoms. The van der Waals surface area contributed by atoms with Crippen LogP contribution < -0.4 is 10.6 Å². The number of carbonyl (C=O) groups excluding carboxylic acids is 3. The predicted octanol–water partition coefficient (Wildman–Crippen LogP) is 4.23. The van der Waals surface area contributed by atoms with Crippen LogP contribution in [0.2, 0.25) is 5.02 Å². The number of likely N-dealkylation sites (tertiary alicyclic amines) is 1. The van der Waals surface area contributed by atoms with Crippen molar-refractivity contribution in [3.8, 4) is 0 Å². The molecule has 2 atom stereocenters. The van der Waals surface area contributed by atoms with Crippen LogP contribution in [0.25, 0.3) is 0 Å². The number of benzene rings is 2. The number of ether oxygens (including phenoxy) is 1. The molecule has 8 nitrogen and oxygen atoms in total. The predicted molar refractivity (Wildman–Crippen MR) is 126 cm³/mol. The summed E-state index contributed by atoms with van der Waals surface area (Å²) in [6, 6.07) is 12.4. The number of anilines is 2. The smallest absolute Gasteiger partial charge is 0.322 e. The quantitative estimate of drug-likeness (QED) is 0.567. The average molecular weight is 485 g/mol. The van der Waals surface area contributed by atoms with Gasteiger partial charge >= 0.3 is 6.03 Å². The maximum Gasteiger partial charge on any atom is 0.322 e. The Labute approximate surface area is 200 Å². The average Bonchev–Trinajstić information content (AvgIpc) is 3.52.